The average molecular weight is 399 g/mol. The molecule has 3 rings (SSSR count). The molecule has 0 radical (unpaired) electrons. The summed E-state index contributed by atoms with van der Waals surface area (Å²) in [7, 11) is 4.56. The van der Waals surface area contributed by atoms with Crippen LogP contribution in [0.3, 0.4) is 0 Å². The minimum atomic E-state index is -0.412. The first-order valence-corrected chi connectivity index (χ1v) is 9.35. The Kier molecular flexibility index (Phi) is 6.54. The lowest BCUT2D eigenvalue weighted by atomic mass is 10.1. The predicted molar refractivity (Wildman–Crippen MR) is 108 cm³/mol. The van der Waals surface area contributed by atoms with Crippen molar-refractivity contribution in [1.29, 1.82) is 0 Å². The van der Waals surface area contributed by atoms with Gasteiger partial charge in [0.05, 0.1) is 32.9 Å². The number of nitrogens with zero attached hydrogens (tertiary/aromatic N) is 2. The van der Waals surface area contributed by atoms with Gasteiger partial charge in [0.25, 0.3) is 0 Å². The maximum absolute atomic E-state index is 12.6. The molecule has 1 aromatic carbocycles. The number of anilines is 1. The van der Waals surface area contributed by atoms with Gasteiger partial charge in [0, 0.05) is 50.0 Å². The van der Waals surface area contributed by atoms with Gasteiger partial charge in [0.1, 0.15) is 0 Å². The van der Waals surface area contributed by atoms with E-state index in [9.17, 15) is 9.59 Å². The highest BCUT2D eigenvalue weighted by Crippen LogP contribution is 2.42. The van der Waals surface area contributed by atoms with Crippen molar-refractivity contribution in [2.24, 2.45) is 5.92 Å². The van der Waals surface area contributed by atoms with Crippen molar-refractivity contribution in [3.8, 4) is 17.2 Å². The summed E-state index contributed by atoms with van der Waals surface area (Å²) in [5, 5.41) is 2.90. The third-order valence-corrected chi connectivity index (χ3v) is 4.86. The minimum absolute atomic E-state index is 0.121. The second kappa shape index (κ2) is 9.27. The van der Waals surface area contributed by atoms with Gasteiger partial charge in [-0.3, -0.25) is 14.6 Å². The third-order valence-electron chi connectivity index (χ3n) is 4.86. The quantitative estimate of drug-likeness (QED) is 0.728. The number of hydrogen-bond donors (Lipinski definition) is 1. The van der Waals surface area contributed by atoms with Gasteiger partial charge in [-0.25, -0.2) is 0 Å². The van der Waals surface area contributed by atoms with Crippen LogP contribution in [0.2, 0.25) is 0 Å². The summed E-state index contributed by atoms with van der Waals surface area (Å²) in [6.07, 6.45) is 2.53. The van der Waals surface area contributed by atoms with Crippen LogP contribution < -0.4 is 24.4 Å². The van der Waals surface area contributed by atoms with E-state index in [1.165, 1.54) is 21.3 Å². The molecule has 0 aliphatic carbocycles. The van der Waals surface area contributed by atoms with Crippen molar-refractivity contribution < 1.29 is 23.8 Å². The van der Waals surface area contributed by atoms with E-state index in [-0.39, 0.29) is 18.2 Å². The van der Waals surface area contributed by atoms with E-state index in [0.717, 1.165) is 5.69 Å². The van der Waals surface area contributed by atoms with E-state index < -0.39 is 5.92 Å². The van der Waals surface area contributed by atoms with Gasteiger partial charge >= 0.3 is 0 Å². The van der Waals surface area contributed by atoms with Crippen LogP contribution in [0.25, 0.3) is 0 Å². The number of hydrogen-bond acceptors (Lipinski definition) is 6. The summed E-state index contributed by atoms with van der Waals surface area (Å²) in [5.41, 5.74) is 1.52. The van der Waals surface area contributed by atoms with Crippen LogP contribution in [0.4, 0.5) is 5.69 Å². The van der Waals surface area contributed by atoms with Gasteiger partial charge in [-0.1, -0.05) is 6.07 Å². The lowest BCUT2D eigenvalue weighted by molar-refractivity contribution is -0.126. The monoisotopic (exact) mass is 399 g/mol. The Balaban J connectivity index is 1.66. The molecule has 1 aliphatic heterocycles. The first-order valence-electron chi connectivity index (χ1n) is 9.35. The average Bonchev–Trinajstić information content (AvgIpc) is 3.15. The highest BCUT2D eigenvalue weighted by Gasteiger charge is 2.35. The Labute approximate surface area is 169 Å². The van der Waals surface area contributed by atoms with Gasteiger partial charge < -0.3 is 24.4 Å². The van der Waals surface area contributed by atoms with Crippen LogP contribution in [0.1, 0.15) is 12.1 Å². The van der Waals surface area contributed by atoms with Crippen molar-refractivity contribution in [3.05, 3.63) is 42.2 Å². The van der Waals surface area contributed by atoms with Gasteiger partial charge in [-0.15, -0.1) is 0 Å². The van der Waals surface area contributed by atoms with Gasteiger partial charge in [-0.2, -0.15) is 0 Å². The highest BCUT2D eigenvalue weighted by atomic mass is 16.5. The lowest BCUT2D eigenvalue weighted by Gasteiger charge is -2.20. The Hall–Kier alpha value is -3.29. The number of pyridine rings is 1. The molecular formula is C21H25N3O5. The fraction of sp³-hybridized carbons (Fsp3) is 0.381. The van der Waals surface area contributed by atoms with Crippen LogP contribution in [0.5, 0.6) is 17.2 Å². The summed E-state index contributed by atoms with van der Waals surface area (Å²) in [6, 6.07) is 9.09. The topological polar surface area (TPSA) is 90.0 Å². The first kappa shape index (κ1) is 20.4. The molecule has 1 aromatic heterocycles. The largest absolute Gasteiger partial charge is 0.493 e. The first-order chi connectivity index (χ1) is 14.1. The summed E-state index contributed by atoms with van der Waals surface area (Å²) < 4.78 is 16.0. The number of methoxy groups -OCH3 is 3. The Morgan fingerprint density at radius 2 is 1.90 bits per heavy atom. The van der Waals surface area contributed by atoms with Crippen LogP contribution in [0.15, 0.2) is 36.5 Å². The standard InChI is InChI=1S/C21H25N3O5/c1-27-17-11-16(12-18(28-2)20(17)29-3)24-13-14(10-19(24)25)21(26)23-9-7-15-6-4-5-8-22-15/h4-6,8,11-12,14H,7,9-10,13H2,1-3H3,(H,23,26)/t14-/m0/s1. The second-order valence-corrected chi connectivity index (χ2v) is 6.65. The number of rotatable bonds is 8. The smallest absolute Gasteiger partial charge is 0.227 e. The van der Waals surface area contributed by atoms with Crippen LogP contribution in [-0.2, 0) is 16.0 Å². The molecule has 8 heteroatoms. The van der Waals surface area contributed by atoms with E-state index in [4.69, 9.17) is 14.2 Å². The summed E-state index contributed by atoms with van der Waals surface area (Å²) >= 11 is 0. The zero-order valence-corrected chi connectivity index (χ0v) is 16.8. The Morgan fingerprint density at radius 1 is 1.17 bits per heavy atom. The van der Waals surface area contributed by atoms with E-state index in [2.05, 4.69) is 10.3 Å². The van der Waals surface area contributed by atoms with Crippen molar-refractivity contribution in [3.63, 3.8) is 0 Å². The molecule has 29 heavy (non-hydrogen) atoms. The summed E-state index contributed by atoms with van der Waals surface area (Å²) in [4.78, 5) is 30.9. The molecule has 1 saturated heterocycles. The minimum Gasteiger partial charge on any atom is -0.493 e. The van der Waals surface area contributed by atoms with Gasteiger partial charge in [0.2, 0.25) is 17.6 Å². The molecule has 8 nitrogen and oxygen atoms in total. The summed E-state index contributed by atoms with van der Waals surface area (Å²) in [5.74, 6) is 0.698. The van der Waals surface area contributed by atoms with E-state index >= 15 is 0 Å². The third kappa shape index (κ3) is 4.59. The number of ether oxygens (including phenoxy) is 3. The molecule has 2 aromatic rings. The number of aromatic nitrogens is 1. The van der Waals surface area contributed by atoms with E-state index in [0.29, 0.717) is 42.4 Å². The van der Waals surface area contributed by atoms with E-state index in [1.807, 2.05) is 18.2 Å². The molecule has 1 N–H and O–H groups in total. The maximum atomic E-state index is 12.6. The molecular weight excluding hydrogens is 374 g/mol. The van der Waals surface area contributed by atoms with E-state index in [1.54, 1.807) is 23.2 Å². The molecule has 0 bridgehead atoms. The molecule has 0 spiro atoms. The molecule has 1 atom stereocenters. The summed E-state index contributed by atoms with van der Waals surface area (Å²) in [6.45, 7) is 0.775. The van der Waals surface area contributed by atoms with Gasteiger partial charge in [-0.05, 0) is 12.1 Å². The number of carbonyl (C=O) groups excluding carboxylic acids is 2. The maximum Gasteiger partial charge on any atom is 0.227 e. The van der Waals surface area contributed by atoms with Crippen molar-refractivity contribution in [2.75, 3.05) is 39.3 Å². The highest BCUT2D eigenvalue weighted by molar-refractivity contribution is 6.00. The molecule has 1 fully saturated rings. The normalized spacial score (nSPS) is 15.9. The Bertz CT molecular complexity index is 847. The molecule has 2 heterocycles. The van der Waals surface area contributed by atoms with Gasteiger partial charge in [0.15, 0.2) is 11.5 Å². The molecule has 154 valence electrons. The number of carbonyl (C=O) groups is 2. The molecule has 2 amide bonds. The SMILES string of the molecule is COc1cc(N2C[C@@H](C(=O)NCCc3ccccn3)CC2=O)cc(OC)c1OC. The zero-order chi connectivity index (χ0) is 20.8. The van der Waals surface area contributed by atoms with Crippen LogP contribution in [0, 0.1) is 5.92 Å². The number of benzene rings is 1. The molecule has 0 saturated carbocycles. The number of nitrogens with one attached hydrogen (secondary N) is 1. The predicted octanol–water partition coefficient (Wildman–Crippen LogP) is 1.82. The number of amides is 2. The Morgan fingerprint density at radius 3 is 2.48 bits per heavy atom. The van der Waals surface area contributed by atoms with Crippen LogP contribution in [-0.4, -0.2) is 51.2 Å². The molecule has 0 unspecified atom stereocenters. The second-order valence-electron chi connectivity index (χ2n) is 6.65. The van der Waals surface area contributed by atoms with Crippen molar-refractivity contribution in [2.45, 2.75) is 12.8 Å². The van der Waals surface area contributed by atoms with Crippen molar-refractivity contribution >= 4 is 17.5 Å². The zero-order valence-electron chi connectivity index (χ0n) is 16.8. The van der Waals surface area contributed by atoms with Crippen molar-refractivity contribution in [1.82, 2.24) is 10.3 Å². The fourth-order valence-corrected chi connectivity index (χ4v) is 3.36. The lowest BCUT2D eigenvalue weighted by Crippen LogP contribution is -2.34. The van der Waals surface area contributed by atoms with Crippen LogP contribution >= 0.6 is 0 Å². The fourth-order valence-electron chi connectivity index (χ4n) is 3.36. The molecule has 1 aliphatic rings.